The van der Waals surface area contributed by atoms with E-state index in [4.69, 9.17) is 16.3 Å². The highest BCUT2D eigenvalue weighted by Gasteiger charge is 2.09. The summed E-state index contributed by atoms with van der Waals surface area (Å²) in [5, 5.41) is 0.655. The van der Waals surface area contributed by atoms with E-state index in [0.29, 0.717) is 10.6 Å². The fourth-order valence-corrected chi connectivity index (χ4v) is 2.00. The lowest BCUT2D eigenvalue weighted by Gasteiger charge is -2.10. The molecule has 0 unspecified atom stereocenters. The number of benzene rings is 2. The number of hydrogen-bond donors (Lipinski definition) is 0. The van der Waals surface area contributed by atoms with Crippen LogP contribution in [0.1, 0.15) is 17.3 Å². The molecule has 2 nitrogen and oxygen atoms in total. The summed E-state index contributed by atoms with van der Waals surface area (Å²) in [5.41, 5.74) is 2.46. The van der Waals surface area contributed by atoms with Gasteiger partial charge in [-0.2, -0.15) is 0 Å². The van der Waals surface area contributed by atoms with Gasteiger partial charge in [-0.05, 0) is 42.8 Å². The van der Waals surface area contributed by atoms with Crippen molar-refractivity contribution in [2.24, 2.45) is 0 Å². The number of ketones is 1. The molecule has 3 heteroatoms. The molecule has 0 radical (unpaired) electrons. The first-order valence-electron chi connectivity index (χ1n) is 5.56. The predicted octanol–water partition coefficient (Wildman–Crippen LogP) is 4.22. The molecule has 2 aromatic rings. The van der Waals surface area contributed by atoms with Crippen LogP contribution in [0.5, 0.6) is 5.75 Å². The first kappa shape index (κ1) is 12.7. The molecule has 0 aromatic heterocycles. The van der Waals surface area contributed by atoms with Gasteiger partial charge in [0.2, 0.25) is 0 Å². The Balaban J connectivity index is 2.60. The van der Waals surface area contributed by atoms with Crippen molar-refractivity contribution in [3.05, 3.63) is 53.1 Å². The number of hydrogen-bond acceptors (Lipinski definition) is 2. The van der Waals surface area contributed by atoms with E-state index in [2.05, 4.69) is 0 Å². The monoisotopic (exact) mass is 260 g/mol. The Hall–Kier alpha value is -1.80. The number of methoxy groups -OCH3 is 1. The van der Waals surface area contributed by atoms with Gasteiger partial charge >= 0.3 is 0 Å². The Morgan fingerprint density at radius 2 is 1.94 bits per heavy atom. The van der Waals surface area contributed by atoms with Crippen LogP contribution >= 0.6 is 11.6 Å². The molecule has 18 heavy (non-hydrogen) atoms. The van der Waals surface area contributed by atoms with Crippen molar-refractivity contribution in [2.75, 3.05) is 7.11 Å². The van der Waals surface area contributed by atoms with Crippen LogP contribution in [-0.2, 0) is 0 Å². The Morgan fingerprint density at radius 3 is 2.56 bits per heavy atom. The van der Waals surface area contributed by atoms with Crippen molar-refractivity contribution in [3.63, 3.8) is 0 Å². The molecule has 0 heterocycles. The van der Waals surface area contributed by atoms with Crippen LogP contribution in [0.3, 0.4) is 0 Å². The lowest BCUT2D eigenvalue weighted by atomic mass is 10.0. The van der Waals surface area contributed by atoms with E-state index in [1.165, 1.54) is 0 Å². The van der Waals surface area contributed by atoms with Crippen LogP contribution in [0, 0.1) is 0 Å². The molecule has 0 N–H and O–H groups in total. The third-order valence-corrected chi connectivity index (χ3v) is 2.98. The average Bonchev–Trinajstić information content (AvgIpc) is 2.38. The van der Waals surface area contributed by atoms with Gasteiger partial charge in [0.05, 0.1) is 7.11 Å². The molecule has 0 aliphatic rings. The first-order chi connectivity index (χ1) is 8.61. The van der Waals surface area contributed by atoms with E-state index in [9.17, 15) is 4.79 Å². The largest absolute Gasteiger partial charge is 0.496 e. The Kier molecular flexibility index (Phi) is 3.68. The lowest BCUT2D eigenvalue weighted by molar-refractivity contribution is 0.101. The maximum Gasteiger partial charge on any atom is 0.159 e. The molecule has 0 bridgehead atoms. The van der Waals surface area contributed by atoms with Crippen LogP contribution in [0.25, 0.3) is 11.1 Å². The average molecular weight is 261 g/mol. The second kappa shape index (κ2) is 5.23. The highest BCUT2D eigenvalue weighted by atomic mass is 35.5. The van der Waals surface area contributed by atoms with Gasteiger partial charge in [0.15, 0.2) is 5.78 Å². The van der Waals surface area contributed by atoms with Gasteiger partial charge in [-0.1, -0.05) is 23.7 Å². The normalized spacial score (nSPS) is 10.2. The van der Waals surface area contributed by atoms with E-state index in [-0.39, 0.29) is 5.78 Å². The number of ether oxygens (including phenoxy) is 1. The van der Waals surface area contributed by atoms with E-state index in [1.807, 2.05) is 30.3 Å². The van der Waals surface area contributed by atoms with Crippen LogP contribution < -0.4 is 4.74 Å². The second-order valence-corrected chi connectivity index (χ2v) is 4.42. The molecule has 2 rings (SSSR count). The minimum absolute atomic E-state index is 0.0286. The highest BCUT2D eigenvalue weighted by molar-refractivity contribution is 6.30. The van der Waals surface area contributed by atoms with Crippen molar-refractivity contribution < 1.29 is 9.53 Å². The quantitative estimate of drug-likeness (QED) is 0.773. The minimum atomic E-state index is 0.0286. The van der Waals surface area contributed by atoms with E-state index in [0.717, 1.165) is 16.9 Å². The van der Waals surface area contributed by atoms with E-state index in [1.54, 1.807) is 26.2 Å². The molecular weight excluding hydrogens is 248 g/mol. The molecule has 0 spiro atoms. The van der Waals surface area contributed by atoms with Gasteiger partial charge in [0.1, 0.15) is 5.75 Å². The highest BCUT2D eigenvalue weighted by Crippen LogP contribution is 2.32. The summed E-state index contributed by atoms with van der Waals surface area (Å²) < 4.78 is 5.32. The third kappa shape index (κ3) is 2.54. The van der Waals surface area contributed by atoms with E-state index < -0.39 is 0 Å². The summed E-state index contributed by atoms with van der Waals surface area (Å²) in [4.78, 5) is 11.4. The summed E-state index contributed by atoms with van der Waals surface area (Å²) in [7, 11) is 1.61. The molecule has 0 fully saturated rings. The maximum atomic E-state index is 11.4. The van der Waals surface area contributed by atoms with Gasteiger partial charge in [-0.25, -0.2) is 0 Å². The smallest absolute Gasteiger partial charge is 0.159 e. The maximum absolute atomic E-state index is 11.4. The van der Waals surface area contributed by atoms with Gasteiger partial charge in [-0.15, -0.1) is 0 Å². The van der Waals surface area contributed by atoms with Crippen molar-refractivity contribution >= 4 is 17.4 Å². The summed E-state index contributed by atoms with van der Waals surface area (Å²) >= 11 is 5.98. The van der Waals surface area contributed by atoms with Crippen LogP contribution in [0.2, 0.25) is 5.02 Å². The minimum Gasteiger partial charge on any atom is -0.496 e. The number of carbonyl (C=O) groups excluding carboxylic acids is 1. The number of halogens is 1. The van der Waals surface area contributed by atoms with Gasteiger partial charge in [0, 0.05) is 16.1 Å². The molecule has 0 saturated heterocycles. The second-order valence-electron chi connectivity index (χ2n) is 3.98. The Morgan fingerprint density at radius 1 is 1.17 bits per heavy atom. The van der Waals surface area contributed by atoms with Crippen molar-refractivity contribution in [1.82, 2.24) is 0 Å². The molecule has 92 valence electrons. The molecule has 0 saturated carbocycles. The standard InChI is InChI=1S/C15H13ClO2/c1-10(17)11-6-7-15(18-2)14(9-11)12-4-3-5-13(16)8-12/h3-9H,1-2H3. The summed E-state index contributed by atoms with van der Waals surface area (Å²) in [6.07, 6.45) is 0. The zero-order valence-corrected chi connectivity index (χ0v) is 11.0. The van der Waals surface area contributed by atoms with Gasteiger partial charge in [-0.3, -0.25) is 4.79 Å². The number of Topliss-reactive ketones (excluding diaryl/α,β-unsaturated/α-hetero) is 1. The Bertz CT molecular complexity index is 591. The predicted molar refractivity (Wildman–Crippen MR) is 73.4 cm³/mol. The van der Waals surface area contributed by atoms with Gasteiger partial charge < -0.3 is 4.74 Å². The molecule has 0 amide bonds. The van der Waals surface area contributed by atoms with Crippen LogP contribution in [-0.4, -0.2) is 12.9 Å². The third-order valence-electron chi connectivity index (χ3n) is 2.74. The summed E-state index contributed by atoms with van der Waals surface area (Å²) in [6.45, 7) is 1.55. The number of rotatable bonds is 3. The van der Waals surface area contributed by atoms with Crippen molar-refractivity contribution in [1.29, 1.82) is 0 Å². The topological polar surface area (TPSA) is 26.3 Å². The van der Waals surface area contributed by atoms with Gasteiger partial charge in [0.25, 0.3) is 0 Å². The SMILES string of the molecule is COc1ccc(C(C)=O)cc1-c1cccc(Cl)c1. The van der Waals surface area contributed by atoms with E-state index >= 15 is 0 Å². The fraction of sp³-hybridized carbons (Fsp3) is 0.133. The Labute approximate surface area is 111 Å². The fourth-order valence-electron chi connectivity index (χ4n) is 1.81. The summed E-state index contributed by atoms with van der Waals surface area (Å²) in [5.74, 6) is 0.753. The molecule has 2 aromatic carbocycles. The van der Waals surface area contributed by atoms with Crippen LogP contribution in [0.15, 0.2) is 42.5 Å². The molecule has 0 aliphatic carbocycles. The number of carbonyl (C=O) groups is 1. The zero-order valence-electron chi connectivity index (χ0n) is 10.2. The molecular formula is C15H13ClO2. The van der Waals surface area contributed by atoms with Crippen molar-refractivity contribution in [3.8, 4) is 16.9 Å². The van der Waals surface area contributed by atoms with Crippen LogP contribution in [0.4, 0.5) is 0 Å². The first-order valence-corrected chi connectivity index (χ1v) is 5.94. The molecule has 0 aliphatic heterocycles. The molecule has 0 atom stereocenters. The zero-order chi connectivity index (χ0) is 13.1. The van der Waals surface area contributed by atoms with Crippen molar-refractivity contribution in [2.45, 2.75) is 6.92 Å². The summed E-state index contributed by atoms with van der Waals surface area (Å²) in [6, 6.07) is 12.9. The lowest BCUT2D eigenvalue weighted by Crippen LogP contribution is -1.95.